The molecule has 3 heteroatoms. The third-order valence-corrected chi connectivity index (χ3v) is 4.63. The molecule has 1 aliphatic rings. The largest absolute Gasteiger partial charge is 0.396 e. The Hall–Kier alpha value is -1.35. The van der Waals surface area contributed by atoms with Crippen LogP contribution < -0.4 is 0 Å². The Labute approximate surface area is 128 Å². The Morgan fingerprint density at radius 1 is 1.24 bits per heavy atom. The minimum absolute atomic E-state index is 0.134. The normalized spacial score (nSPS) is 17.1. The van der Waals surface area contributed by atoms with E-state index in [1.54, 1.807) is 0 Å². The van der Waals surface area contributed by atoms with Gasteiger partial charge in [-0.05, 0) is 38.7 Å². The summed E-state index contributed by atoms with van der Waals surface area (Å²) in [5.41, 5.74) is 0.809. The summed E-state index contributed by atoms with van der Waals surface area (Å²) in [5, 5.41) is 9.09. The molecule has 0 atom stereocenters. The Kier molecular flexibility index (Phi) is 5.40. The SMILES string of the molecule is CC(C)N(CCCO)C(=O)C1(c2ccccc2)CCCC1. The average Bonchev–Trinajstić information content (AvgIpc) is 2.99. The monoisotopic (exact) mass is 289 g/mol. The van der Waals surface area contributed by atoms with E-state index in [-0.39, 0.29) is 24.0 Å². The van der Waals surface area contributed by atoms with Crippen LogP contribution in [0.5, 0.6) is 0 Å². The number of benzene rings is 1. The highest BCUT2D eigenvalue weighted by Crippen LogP contribution is 2.42. The zero-order chi connectivity index (χ0) is 15.3. The highest BCUT2D eigenvalue weighted by atomic mass is 16.3. The summed E-state index contributed by atoms with van der Waals surface area (Å²) in [6.45, 7) is 4.89. The molecule has 1 saturated carbocycles. The van der Waals surface area contributed by atoms with Crippen molar-refractivity contribution in [2.24, 2.45) is 0 Å². The lowest BCUT2D eigenvalue weighted by atomic mass is 9.77. The minimum Gasteiger partial charge on any atom is -0.396 e. The van der Waals surface area contributed by atoms with Gasteiger partial charge in [0, 0.05) is 19.2 Å². The van der Waals surface area contributed by atoms with Crippen molar-refractivity contribution in [2.75, 3.05) is 13.2 Å². The Bertz CT molecular complexity index is 450. The van der Waals surface area contributed by atoms with E-state index in [9.17, 15) is 4.79 Å². The van der Waals surface area contributed by atoms with Crippen LogP contribution in [0.15, 0.2) is 30.3 Å². The molecule has 0 bridgehead atoms. The highest BCUT2D eigenvalue weighted by molar-refractivity contribution is 5.89. The molecule has 1 N–H and O–H groups in total. The number of carbonyl (C=O) groups is 1. The molecule has 0 spiro atoms. The van der Waals surface area contributed by atoms with Crippen LogP contribution in [0, 0.1) is 0 Å². The van der Waals surface area contributed by atoms with Gasteiger partial charge in [-0.15, -0.1) is 0 Å². The van der Waals surface area contributed by atoms with Gasteiger partial charge in [-0.2, -0.15) is 0 Å². The standard InChI is InChI=1S/C18H27NO2/c1-15(2)19(13-8-14-20)17(21)18(11-6-7-12-18)16-9-4-3-5-10-16/h3-5,9-10,15,20H,6-8,11-14H2,1-2H3. The van der Waals surface area contributed by atoms with Crippen LogP contribution in [-0.4, -0.2) is 35.1 Å². The lowest BCUT2D eigenvalue weighted by molar-refractivity contribution is -0.139. The molecule has 3 nitrogen and oxygen atoms in total. The van der Waals surface area contributed by atoms with E-state index < -0.39 is 0 Å². The van der Waals surface area contributed by atoms with E-state index in [2.05, 4.69) is 26.0 Å². The molecular weight excluding hydrogens is 262 g/mol. The van der Waals surface area contributed by atoms with Crippen molar-refractivity contribution >= 4 is 5.91 Å². The topological polar surface area (TPSA) is 40.5 Å². The predicted molar refractivity (Wildman–Crippen MR) is 85.1 cm³/mol. The molecule has 21 heavy (non-hydrogen) atoms. The highest BCUT2D eigenvalue weighted by Gasteiger charge is 2.45. The lowest BCUT2D eigenvalue weighted by Crippen LogP contribution is -2.49. The summed E-state index contributed by atoms with van der Waals surface area (Å²) in [6.07, 6.45) is 4.77. The van der Waals surface area contributed by atoms with Crippen molar-refractivity contribution in [1.82, 2.24) is 4.90 Å². The van der Waals surface area contributed by atoms with Crippen LogP contribution in [0.2, 0.25) is 0 Å². The van der Waals surface area contributed by atoms with Gasteiger partial charge in [0.05, 0.1) is 5.41 Å². The second-order valence-corrected chi connectivity index (χ2v) is 6.32. The van der Waals surface area contributed by atoms with E-state index in [1.807, 2.05) is 23.1 Å². The maximum absolute atomic E-state index is 13.3. The third kappa shape index (κ3) is 3.29. The number of amides is 1. The third-order valence-electron chi connectivity index (χ3n) is 4.63. The first kappa shape index (κ1) is 16.0. The minimum atomic E-state index is -0.346. The number of nitrogens with zero attached hydrogens (tertiary/aromatic N) is 1. The predicted octanol–water partition coefficient (Wildman–Crippen LogP) is 3.12. The fourth-order valence-corrected chi connectivity index (χ4v) is 3.47. The number of rotatable bonds is 6. The fourth-order valence-electron chi connectivity index (χ4n) is 3.47. The van der Waals surface area contributed by atoms with E-state index in [0.29, 0.717) is 13.0 Å². The van der Waals surface area contributed by atoms with E-state index in [4.69, 9.17) is 5.11 Å². The lowest BCUT2D eigenvalue weighted by Gasteiger charge is -2.37. The van der Waals surface area contributed by atoms with Crippen molar-refractivity contribution < 1.29 is 9.90 Å². The second kappa shape index (κ2) is 7.08. The van der Waals surface area contributed by atoms with Crippen LogP contribution >= 0.6 is 0 Å². The summed E-state index contributed by atoms with van der Waals surface area (Å²) in [5.74, 6) is 0.245. The van der Waals surface area contributed by atoms with Gasteiger partial charge >= 0.3 is 0 Å². The van der Waals surface area contributed by atoms with Gasteiger partial charge in [-0.3, -0.25) is 4.79 Å². The van der Waals surface area contributed by atoms with Crippen molar-refractivity contribution in [3.8, 4) is 0 Å². The molecule has 0 unspecified atom stereocenters. The molecule has 2 rings (SSSR count). The molecule has 0 saturated heterocycles. The van der Waals surface area contributed by atoms with E-state index >= 15 is 0 Å². The van der Waals surface area contributed by atoms with Gasteiger partial charge in [-0.25, -0.2) is 0 Å². The Balaban J connectivity index is 2.30. The van der Waals surface area contributed by atoms with Crippen LogP contribution in [0.3, 0.4) is 0 Å². The van der Waals surface area contributed by atoms with Crippen molar-refractivity contribution in [2.45, 2.75) is 57.4 Å². The number of hydrogen-bond donors (Lipinski definition) is 1. The average molecular weight is 289 g/mol. The fraction of sp³-hybridized carbons (Fsp3) is 0.611. The van der Waals surface area contributed by atoms with Crippen molar-refractivity contribution in [3.63, 3.8) is 0 Å². The molecule has 1 aromatic carbocycles. The second-order valence-electron chi connectivity index (χ2n) is 6.32. The summed E-state index contributed by atoms with van der Waals surface area (Å²) in [4.78, 5) is 15.2. The molecule has 1 amide bonds. The first-order valence-corrected chi connectivity index (χ1v) is 8.09. The van der Waals surface area contributed by atoms with E-state index in [0.717, 1.165) is 31.2 Å². The molecule has 1 fully saturated rings. The first-order chi connectivity index (χ1) is 10.1. The maximum Gasteiger partial charge on any atom is 0.233 e. The van der Waals surface area contributed by atoms with Gasteiger partial charge in [0.2, 0.25) is 5.91 Å². The molecule has 1 aliphatic carbocycles. The zero-order valence-corrected chi connectivity index (χ0v) is 13.2. The van der Waals surface area contributed by atoms with Gasteiger partial charge < -0.3 is 10.0 Å². The van der Waals surface area contributed by atoms with Crippen LogP contribution in [0.4, 0.5) is 0 Å². The summed E-state index contributed by atoms with van der Waals surface area (Å²) in [7, 11) is 0. The van der Waals surface area contributed by atoms with Gasteiger partial charge in [-0.1, -0.05) is 43.2 Å². The Morgan fingerprint density at radius 3 is 2.38 bits per heavy atom. The smallest absolute Gasteiger partial charge is 0.233 e. The van der Waals surface area contributed by atoms with E-state index in [1.165, 1.54) is 0 Å². The maximum atomic E-state index is 13.3. The van der Waals surface area contributed by atoms with Crippen molar-refractivity contribution in [3.05, 3.63) is 35.9 Å². The molecule has 116 valence electrons. The zero-order valence-electron chi connectivity index (χ0n) is 13.2. The Morgan fingerprint density at radius 2 is 1.86 bits per heavy atom. The van der Waals surface area contributed by atoms with Gasteiger partial charge in [0.15, 0.2) is 0 Å². The number of hydrogen-bond acceptors (Lipinski definition) is 2. The van der Waals surface area contributed by atoms with Gasteiger partial charge in [0.25, 0.3) is 0 Å². The van der Waals surface area contributed by atoms with Gasteiger partial charge in [0.1, 0.15) is 0 Å². The summed E-state index contributed by atoms with van der Waals surface area (Å²) in [6, 6.07) is 10.4. The summed E-state index contributed by atoms with van der Waals surface area (Å²) >= 11 is 0. The van der Waals surface area contributed by atoms with Crippen LogP contribution in [-0.2, 0) is 10.2 Å². The molecular formula is C18H27NO2. The molecule has 0 radical (unpaired) electrons. The van der Waals surface area contributed by atoms with Crippen LogP contribution in [0.25, 0.3) is 0 Å². The molecule has 1 aromatic rings. The molecule has 0 aliphatic heterocycles. The molecule has 0 heterocycles. The number of aliphatic hydroxyl groups excluding tert-OH is 1. The van der Waals surface area contributed by atoms with Crippen molar-refractivity contribution in [1.29, 1.82) is 0 Å². The number of aliphatic hydroxyl groups is 1. The molecule has 0 aromatic heterocycles. The summed E-state index contributed by atoms with van der Waals surface area (Å²) < 4.78 is 0. The quantitative estimate of drug-likeness (QED) is 0.874. The van der Waals surface area contributed by atoms with Crippen LogP contribution in [0.1, 0.15) is 51.5 Å². The first-order valence-electron chi connectivity index (χ1n) is 8.09. The number of carbonyl (C=O) groups excluding carboxylic acids is 1.